The number of halogens is 1. The minimum Gasteiger partial charge on any atom is -0.481 e. The van der Waals surface area contributed by atoms with Crippen LogP contribution < -0.4 is 4.90 Å². The van der Waals surface area contributed by atoms with Crippen molar-refractivity contribution in [2.75, 3.05) is 18.5 Å². The Bertz CT molecular complexity index is 382. The summed E-state index contributed by atoms with van der Waals surface area (Å²) in [6, 6.07) is 7.26. The first-order chi connectivity index (χ1) is 7.65. The van der Waals surface area contributed by atoms with E-state index in [0.717, 1.165) is 12.0 Å². The van der Waals surface area contributed by atoms with Crippen LogP contribution in [0.5, 0.6) is 0 Å². The van der Waals surface area contributed by atoms with Crippen LogP contribution in [0, 0.1) is 0 Å². The van der Waals surface area contributed by atoms with Gasteiger partial charge in [0.15, 0.2) is 6.29 Å². The predicted octanol–water partition coefficient (Wildman–Crippen LogP) is 2.22. The number of aliphatic carboxylic acids is 1. The van der Waals surface area contributed by atoms with Crippen LogP contribution in [0.2, 0.25) is 0 Å². The highest BCUT2D eigenvalue weighted by Gasteiger charge is 2.06. The van der Waals surface area contributed by atoms with E-state index in [1.165, 1.54) is 0 Å². The molecule has 0 saturated carbocycles. The molecule has 94 valence electrons. The topological polar surface area (TPSA) is 57.6 Å². The van der Waals surface area contributed by atoms with Crippen molar-refractivity contribution in [2.45, 2.75) is 12.8 Å². The summed E-state index contributed by atoms with van der Waals surface area (Å²) in [5.74, 6) is -0.794. The van der Waals surface area contributed by atoms with E-state index >= 15 is 0 Å². The van der Waals surface area contributed by atoms with Gasteiger partial charge in [0, 0.05) is 31.3 Å². The number of hydrogen-bond acceptors (Lipinski definition) is 3. The molecule has 5 heteroatoms. The van der Waals surface area contributed by atoms with Gasteiger partial charge < -0.3 is 10.0 Å². The second-order valence-corrected chi connectivity index (χ2v) is 3.60. The lowest BCUT2D eigenvalue weighted by Crippen LogP contribution is -2.20. The molecule has 17 heavy (non-hydrogen) atoms. The number of nitrogens with zero attached hydrogens (tertiary/aromatic N) is 1. The molecule has 1 N–H and O–H groups in total. The number of carboxylic acids is 1. The van der Waals surface area contributed by atoms with E-state index in [4.69, 9.17) is 5.11 Å². The maximum Gasteiger partial charge on any atom is 0.303 e. The number of hydrogen-bond donors (Lipinski definition) is 1. The van der Waals surface area contributed by atoms with Crippen molar-refractivity contribution in [1.29, 1.82) is 0 Å². The third kappa shape index (κ3) is 4.87. The van der Waals surface area contributed by atoms with Crippen molar-refractivity contribution < 1.29 is 14.7 Å². The van der Waals surface area contributed by atoms with Crippen molar-refractivity contribution >= 4 is 30.3 Å². The van der Waals surface area contributed by atoms with E-state index < -0.39 is 5.97 Å². The number of para-hydroxylation sites is 1. The third-order valence-electron chi connectivity index (χ3n) is 2.36. The van der Waals surface area contributed by atoms with Crippen molar-refractivity contribution in [1.82, 2.24) is 0 Å². The highest BCUT2D eigenvalue weighted by atomic mass is 35.5. The highest BCUT2D eigenvalue weighted by molar-refractivity contribution is 5.85. The summed E-state index contributed by atoms with van der Waals surface area (Å²) in [4.78, 5) is 23.1. The van der Waals surface area contributed by atoms with Gasteiger partial charge in [-0.1, -0.05) is 12.1 Å². The van der Waals surface area contributed by atoms with Crippen molar-refractivity contribution in [3.63, 3.8) is 0 Å². The number of benzene rings is 1. The molecular formula is C12H16ClNO3. The van der Waals surface area contributed by atoms with Crippen LogP contribution >= 0.6 is 12.4 Å². The largest absolute Gasteiger partial charge is 0.481 e. The van der Waals surface area contributed by atoms with Crippen LogP contribution in [0.15, 0.2) is 24.3 Å². The van der Waals surface area contributed by atoms with Crippen LogP contribution in [-0.4, -0.2) is 31.0 Å². The van der Waals surface area contributed by atoms with Gasteiger partial charge in [-0.3, -0.25) is 9.59 Å². The molecule has 0 aliphatic rings. The van der Waals surface area contributed by atoms with Gasteiger partial charge in [-0.05, 0) is 18.6 Å². The minimum absolute atomic E-state index is 0. The maximum atomic E-state index is 10.8. The summed E-state index contributed by atoms with van der Waals surface area (Å²) in [7, 11) is 1.85. The maximum absolute atomic E-state index is 10.8. The molecule has 0 heterocycles. The van der Waals surface area contributed by atoms with Gasteiger partial charge in [0.2, 0.25) is 0 Å². The van der Waals surface area contributed by atoms with Crippen LogP contribution in [0.25, 0.3) is 0 Å². The highest BCUT2D eigenvalue weighted by Crippen LogP contribution is 2.17. The molecule has 0 radical (unpaired) electrons. The summed E-state index contributed by atoms with van der Waals surface area (Å²) in [6.07, 6.45) is 1.52. The SMILES string of the molecule is CN(CCCC(=O)O)c1ccccc1C=O.Cl. The molecule has 0 bridgehead atoms. The molecular weight excluding hydrogens is 242 g/mol. The van der Waals surface area contributed by atoms with E-state index in [1.54, 1.807) is 12.1 Å². The van der Waals surface area contributed by atoms with Crippen molar-refractivity contribution in [3.8, 4) is 0 Å². The van der Waals surface area contributed by atoms with Gasteiger partial charge in [-0.25, -0.2) is 0 Å². The van der Waals surface area contributed by atoms with Crippen molar-refractivity contribution in [2.24, 2.45) is 0 Å². The fourth-order valence-corrected chi connectivity index (χ4v) is 1.52. The predicted molar refractivity (Wildman–Crippen MR) is 69.2 cm³/mol. The Morgan fingerprint density at radius 3 is 2.65 bits per heavy atom. The van der Waals surface area contributed by atoms with Gasteiger partial charge in [-0.2, -0.15) is 0 Å². The Hall–Kier alpha value is -1.55. The molecule has 1 aromatic carbocycles. The second-order valence-electron chi connectivity index (χ2n) is 3.60. The molecule has 0 amide bonds. The fraction of sp³-hybridized carbons (Fsp3) is 0.333. The average molecular weight is 258 g/mol. The Balaban J connectivity index is 0.00000256. The molecule has 1 rings (SSSR count). The summed E-state index contributed by atoms with van der Waals surface area (Å²) in [5, 5.41) is 8.52. The Kier molecular flexibility index (Phi) is 6.98. The molecule has 0 aromatic heterocycles. The number of carbonyl (C=O) groups excluding carboxylic acids is 1. The zero-order valence-electron chi connectivity index (χ0n) is 9.63. The first kappa shape index (κ1) is 15.5. The Labute approximate surface area is 107 Å². The number of anilines is 1. The number of rotatable bonds is 6. The van der Waals surface area contributed by atoms with E-state index in [0.29, 0.717) is 18.5 Å². The first-order valence-corrected chi connectivity index (χ1v) is 5.12. The second kappa shape index (κ2) is 7.68. The number of carboxylic acid groups (broad SMARTS) is 1. The quantitative estimate of drug-likeness (QED) is 0.794. The third-order valence-corrected chi connectivity index (χ3v) is 2.36. The number of carbonyl (C=O) groups is 2. The molecule has 0 unspecified atom stereocenters. The average Bonchev–Trinajstić information content (AvgIpc) is 2.28. The van der Waals surface area contributed by atoms with Gasteiger partial charge >= 0.3 is 5.97 Å². The smallest absolute Gasteiger partial charge is 0.303 e. The van der Waals surface area contributed by atoms with Crippen LogP contribution in [0.4, 0.5) is 5.69 Å². The zero-order valence-corrected chi connectivity index (χ0v) is 10.4. The van der Waals surface area contributed by atoms with E-state index in [2.05, 4.69) is 0 Å². The summed E-state index contributed by atoms with van der Waals surface area (Å²) >= 11 is 0. The van der Waals surface area contributed by atoms with Crippen LogP contribution in [-0.2, 0) is 4.79 Å². The Morgan fingerprint density at radius 1 is 1.41 bits per heavy atom. The molecule has 4 nitrogen and oxygen atoms in total. The van der Waals surface area contributed by atoms with E-state index in [-0.39, 0.29) is 18.8 Å². The standard InChI is InChI=1S/C12H15NO3.ClH/c1-13(8-4-7-12(15)16)11-6-3-2-5-10(11)9-14;/h2-3,5-6,9H,4,7-8H2,1H3,(H,15,16);1H. The van der Waals surface area contributed by atoms with Gasteiger partial charge in [0.1, 0.15) is 0 Å². The molecule has 0 spiro atoms. The van der Waals surface area contributed by atoms with Gasteiger partial charge in [-0.15, -0.1) is 12.4 Å². The zero-order chi connectivity index (χ0) is 12.0. The monoisotopic (exact) mass is 257 g/mol. The molecule has 0 aliphatic carbocycles. The molecule has 1 aromatic rings. The number of aldehydes is 1. The first-order valence-electron chi connectivity index (χ1n) is 5.12. The lowest BCUT2D eigenvalue weighted by atomic mass is 10.1. The summed E-state index contributed by atoms with van der Waals surface area (Å²) in [5.41, 5.74) is 1.46. The summed E-state index contributed by atoms with van der Waals surface area (Å²) < 4.78 is 0. The molecule has 0 atom stereocenters. The lowest BCUT2D eigenvalue weighted by molar-refractivity contribution is -0.137. The van der Waals surface area contributed by atoms with Gasteiger partial charge in [0.05, 0.1) is 0 Å². The minimum atomic E-state index is -0.794. The van der Waals surface area contributed by atoms with Gasteiger partial charge in [0.25, 0.3) is 0 Å². The van der Waals surface area contributed by atoms with Crippen molar-refractivity contribution in [3.05, 3.63) is 29.8 Å². The van der Waals surface area contributed by atoms with E-state index in [1.807, 2.05) is 24.1 Å². The van der Waals surface area contributed by atoms with Crippen LogP contribution in [0.1, 0.15) is 23.2 Å². The molecule has 0 fully saturated rings. The summed E-state index contributed by atoms with van der Waals surface area (Å²) in [6.45, 7) is 0.622. The lowest BCUT2D eigenvalue weighted by Gasteiger charge is -2.20. The normalized spacial score (nSPS) is 9.24. The van der Waals surface area contributed by atoms with E-state index in [9.17, 15) is 9.59 Å². The molecule has 0 saturated heterocycles. The van der Waals surface area contributed by atoms with Crippen LogP contribution in [0.3, 0.4) is 0 Å². The Morgan fingerprint density at radius 2 is 2.06 bits per heavy atom. The fourth-order valence-electron chi connectivity index (χ4n) is 1.52. The molecule has 0 aliphatic heterocycles.